The quantitative estimate of drug-likeness (QED) is 0.905. The summed E-state index contributed by atoms with van der Waals surface area (Å²) in [5.74, 6) is -0.133. The van der Waals surface area contributed by atoms with Gasteiger partial charge in [0.25, 0.3) is 0 Å². The van der Waals surface area contributed by atoms with Gasteiger partial charge in [-0.1, -0.05) is 6.07 Å². The first-order valence-electron chi connectivity index (χ1n) is 6.86. The van der Waals surface area contributed by atoms with E-state index in [2.05, 4.69) is 16.8 Å². The molecule has 1 fully saturated rings. The van der Waals surface area contributed by atoms with Crippen molar-refractivity contribution < 1.29 is 4.39 Å². The number of halogens is 1. The number of anilines is 1. The molecule has 1 heterocycles. The SMILES string of the molecule is CN1CCN(c2ccc(CC(C)(C)N)cc2F)CC1. The van der Waals surface area contributed by atoms with Gasteiger partial charge >= 0.3 is 0 Å². The Balaban J connectivity index is 2.11. The fraction of sp³-hybridized carbons (Fsp3) is 0.600. The summed E-state index contributed by atoms with van der Waals surface area (Å²) < 4.78 is 14.2. The maximum absolute atomic E-state index is 14.2. The lowest BCUT2D eigenvalue weighted by Gasteiger charge is -2.34. The highest BCUT2D eigenvalue weighted by Gasteiger charge is 2.18. The Morgan fingerprint density at radius 3 is 2.37 bits per heavy atom. The summed E-state index contributed by atoms with van der Waals surface area (Å²) in [6, 6.07) is 5.51. The summed E-state index contributed by atoms with van der Waals surface area (Å²) in [4.78, 5) is 4.38. The zero-order chi connectivity index (χ0) is 14.0. The van der Waals surface area contributed by atoms with E-state index in [1.165, 1.54) is 0 Å². The van der Waals surface area contributed by atoms with Crippen LogP contribution in [0.5, 0.6) is 0 Å². The van der Waals surface area contributed by atoms with Crippen LogP contribution in [0.3, 0.4) is 0 Å². The molecule has 0 atom stereocenters. The summed E-state index contributed by atoms with van der Waals surface area (Å²) >= 11 is 0. The molecule has 0 saturated carbocycles. The summed E-state index contributed by atoms with van der Waals surface area (Å²) in [5.41, 5.74) is 7.35. The number of piperazine rings is 1. The molecule has 19 heavy (non-hydrogen) atoms. The van der Waals surface area contributed by atoms with Crippen molar-refractivity contribution in [1.29, 1.82) is 0 Å². The van der Waals surface area contributed by atoms with Crippen LogP contribution in [0.15, 0.2) is 18.2 Å². The minimum absolute atomic E-state index is 0.133. The zero-order valence-electron chi connectivity index (χ0n) is 12.1. The molecule has 0 spiro atoms. The molecule has 2 N–H and O–H groups in total. The van der Waals surface area contributed by atoms with Gasteiger partial charge in [0.2, 0.25) is 0 Å². The molecular weight excluding hydrogens is 241 g/mol. The molecule has 4 heteroatoms. The van der Waals surface area contributed by atoms with Gasteiger partial charge in [0.05, 0.1) is 5.69 Å². The second-order valence-corrected chi connectivity index (χ2v) is 6.24. The third-order valence-corrected chi connectivity index (χ3v) is 3.52. The van der Waals surface area contributed by atoms with E-state index >= 15 is 0 Å². The molecular formula is C15H24FN3. The Morgan fingerprint density at radius 1 is 1.21 bits per heavy atom. The highest BCUT2D eigenvalue weighted by atomic mass is 19.1. The second-order valence-electron chi connectivity index (χ2n) is 6.24. The third kappa shape index (κ3) is 3.91. The minimum atomic E-state index is -0.304. The van der Waals surface area contributed by atoms with E-state index in [0.717, 1.165) is 31.7 Å². The van der Waals surface area contributed by atoms with Gasteiger partial charge in [-0.05, 0) is 45.0 Å². The van der Waals surface area contributed by atoms with Crippen LogP contribution in [0.4, 0.5) is 10.1 Å². The Labute approximate surface area is 115 Å². The van der Waals surface area contributed by atoms with E-state index in [1.54, 1.807) is 6.07 Å². The lowest BCUT2D eigenvalue weighted by Crippen LogP contribution is -2.44. The first-order chi connectivity index (χ1) is 8.85. The highest BCUT2D eigenvalue weighted by molar-refractivity contribution is 5.49. The first-order valence-corrected chi connectivity index (χ1v) is 6.86. The lowest BCUT2D eigenvalue weighted by molar-refractivity contribution is 0.311. The smallest absolute Gasteiger partial charge is 0.146 e. The van der Waals surface area contributed by atoms with Crippen molar-refractivity contribution >= 4 is 5.69 Å². The van der Waals surface area contributed by atoms with Crippen LogP contribution in [0, 0.1) is 5.82 Å². The van der Waals surface area contributed by atoms with Crippen molar-refractivity contribution in [2.75, 3.05) is 38.1 Å². The summed E-state index contributed by atoms with van der Waals surface area (Å²) in [5, 5.41) is 0. The number of nitrogens with two attached hydrogens (primary N) is 1. The van der Waals surface area contributed by atoms with E-state index in [1.807, 2.05) is 26.0 Å². The largest absolute Gasteiger partial charge is 0.367 e. The number of hydrogen-bond donors (Lipinski definition) is 1. The van der Waals surface area contributed by atoms with Crippen LogP contribution in [0.25, 0.3) is 0 Å². The Kier molecular flexibility index (Phi) is 4.11. The molecule has 3 nitrogen and oxygen atoms in total. The van der Waals surface area contributed by atoms with Crippen LogP contribution < -0.4 is 10.6 Å². The minimum Gasteiger partial charge on any atom is -0.367 e. The molecule has 0 amide bonds. The molecule has 1 aliphatic rings. The molecule has 0 unspecified atom stereocenters. The van der Waals surface area contributed by atoms with Crippen molar-refractivity contribution in [3.8, 4) is 0 Å². The predicted octanol–water partition coefficient (Wildman–Crippen LogP) is 1.86. The summed E-state index contributed by atoms with van der Waals surface area (Å²) in [6.45, 7) is 7.65. The molecule has 1 saturated heterocycles. The molecule has 0 aromatic heterocycles. The number of rotatable bonds is 3. The van der Waals surface area contributed by atoms with Gasteiger partial charge in [0, 0.05) is 31.7 Å². The fourth-order valence-electron chi connectivity index (χ4n) is 2.49. The molecule has 1 aromatic carbocycles. The van der Waals surface area contributed by atoms with E-state index in [9.17, 15) is 4.39 Å². The molecule has 106 valence electrons. The Bertz CT molecular complexity index is 432. The Morgan fingerprint density at radius 2 is 1.84 bits per heavy atom. The average molecular weight is 265 g/mol. The molecule has 2 rings (SSSR count). The maximum Gasteiger partial charge on any atom is 0.146 e. The number of benzene rings is 1. The number of nitrogens with zero attached hydrogens (tertiary/aromatic N) is 2. The molecule has 0 radical (unpaired) electrons. The van der Waals surface area contributed by atoms with Crippen LogP contribution >= 0.6 is 0 Å². The Hall–Kier alpha value is -1.13. The van der Waals surface area contributed by atoms with Gasteiger partial charge in [-0.25, -0.2) is 4.39 Å². The second kappa shape index (κ2) is 5.47. The number of likely N-dealkylation sites (N-methyl/N-ethyl adjacent to an activating group) is 1. The van der Waals surface area contributed by atoms with Crippen LogP contribution in [0.2, 0.25) is 0 Å². The predicted molar refractivity (Wildman–Crippen MR) is 78.1 cm³/mol. The molecule has 0 bridgehead atoms. The van der Waals surface area contributed by atoms with Gasteiger partial charge in [0.1, 0.15) is 5.82 Å². The molecule has 0 aliphatic carbocycles. The molecule has 1 aliphatic heterocycles. The van der Waals surface area contributed by atoms with E-state index in [0.29, 0.717) is 12.1 Å². The fourth-order valence-corrected chi connectivity index (χ4v) is 2.49. The third-order valence-electron chi connectivity index (χ3n) is 3.52. The van der Waals surface area contributed by atoms with Gasteiger partial charge in [-0.2, -0.15) is 0 Å². The monoisotopic (exact) mass is 265 g/mol. The van der Waals surface area contributed by atoms with Crippen LogP contribution in [-0.2, 0) is 6.42 Å². The van der Waals surface area contributed by atoms with Gasteiger partial charge < -0.3 is 15.5 Å². The average Bonchev–Trinajstić information content (AvgIpc) is 2.29. The van der Waals surface area contributed by atoms with E-state index in [4.69, 9.17) is 5.73 Å². The van der Waals surface area contributed by atoms with E-state index in [-0.39, 0.29) is 11.4 Å². The van der Waals surface area contributed by atoms with Crippen molar-refractivity contribution in [3.05, 3.63) is 29.6 Å². The van der Waals surface area contributed by atoms with Gasteiger partial charge in [-0.15, -0.1) is 0 Å². The van der Waals surface area contributed by atoms with Gasteiger partial charge in [0.15, 0.2) is 0 Å². The van der Waals surface area contributed by atoms with Crippen LogP contribution in [-0.4, -0.2) is 43.7 Å². The summed E-state index contributed by atoms with van der Waals surface area (Å²) in [7, 11) is 2.10. The van der Waals surface area contributed by atoms with E-state index < -0.39 is 0 Å². The first kappa shape index (κ1) is 14.3. The van der Waals surface area contributed by atoms with Crippen molar-refractivity contribution in [2.24, 2.45) is 5.73 Å². The van der Waals surface area contributed by atoms with Crippen molar-refractivity contribution in [2.45, 2.75) is 25.8 Å². The number of hydrogen-bond acceptors (Lipinski definition) is 3. The topological polar surface area (TPSA) is 32.5 Å². The van der Waals surface area contributed by atoms with Gasteiger partial charge in [-0.3, -0.25) is 0 Å². The van der Waals surface area contributed by atoms with Crippen LogP contribution in [0.1, 0.15) is 19.4 Å². The highest BCUT2D eigenvalue weighted by Crippen LogP contribution is 2.23. The molecule has 1 aromatic rings. The lowest BCUT2D eigenvalue weighted by atomic mass is 9.96. The normalized spacial score (nSPS) is 17.8. The van der Waals surface area contributed by atoms with Crippen molar-refractivity contribution in [1.82, 2.24) is 4.90 Å². The standard InChI is InChI=1S/C15H24FN3/c1-15(2,17)11-12-4-5-14(13(16)10-12)19-8-6-18(3)7-9-19/h4-5,10H,6-9,11,17H2,1-3H3. The zero-order valence-corrected chi connectivity index (χ0v) is 12.1. The van der Waals surface area contributed by atoms with Crippen molar-refractivity contribution in [3.63, 3.8) is 0 Å². The summed E-state index contributed by atoms with van der Waals surface area (Å²) in [6.07, 6.45) is 0.687. The maximum atomic E-state index is 14.2.